The lowest BCUT2D eigenvalue weighted by molar-refractivity contribution is -0.129. The summed E-state index contributed by atoms with van der Waals surface area (Å²) in [5.74, 6) is 0.294. The Morgan fingerprint density at radius 1 is 1.04 bits per heavy atom. The summed E-state index contributed by atoms with van der Waals surface area (Å²) in [6.07, 6.45) is 1.67. The van der Waals surface area contributed by atoms with Crippen molar-refractivity contribution >= 4 is 51.9 Å². The minimum atomic E-state index is -0.536. The molecule has 0 fully saturated rings. The average Bonchev–Trinajstić information content (AvgIpc) is 3.05. The van der Waals surface area contributed by atoms with Crippen molar-refractivity contribution in [3.05, 3.63) is 81.5 Å². The molecular formula is C21H13Cl2NO3. The summed E-state index contributed by atoms with van der Waals surface area (Å²) in [6.45, 7) is 0. The average molecular weight is 398 g/mol. The van der Waals surface area contributed by atoms with Crippen molar-refractivity contribution in [2.75, 3.05) is 7.11 Å². The van der Waals surface area contributed by atoms with E-state index in [9.17, 15) is 4.79 Å². The fraction of sp³-hybridized carbons (Fsp3) is 0.0476. The number of ether oxygens (including phenoxy) is 2. The van der Waals surface area contributed by atoms with Crippen molar-refractivity contribution in [1.29, 1.82) is 0 Å². The van der Waals surface area contributed by atoms with Gasteiger partial charge in [0.25, 0.3) is 0 Å². The van der Waals surface area contributed by atoms with Gasteiger partial charge in [-0.15, -0.1) is 0 Å². The standard InChI is InChI=1S/C21H13Cl2NO3/c1-26-19-9-7-12-4-2-3-5-14(12)15(19)11-18-21(25)27-20(24-18)13-6-8-16(22)17(23)10-13/h2-11H,1H3/b18-11+. The number of fused-ring (bicyclic) bond motifs is 1. The molecule has 6 heteroatoms. The first-order valence-corrected chi connectivity index (χ1v) is 8.86. The highest BCUT2D eigenvalue weighted by atomic mass is 35.5. The third-order valence-corrected chi connectivity index (χ3v) is 4.96. The zero-order valence-corrected chi connectivity index (χ0v) is 15.7. The van der Waals surface area contributed by atoms with Crippen LogP contribution in [0.4, 0.5) is 0 Å². The summed E-state index contributed by atoms with van der Waals surface area (Å²) in [6, 6.07) is 16.6. The molecular weight excluding hydrogens is 385 g/mol. The van der Waals surface area contributed by atoms with Crippen LogP contribution in [0.15, 0.2) is 65.3 Å². The topological polar surface area (TPSA) is 47.9 Å². The predicted molar refractivity (Wildman–Crippen MR) is 108 cm³/mol. The number of carbonyl (C=O) groups is 1. The number of cyclic esters (lactones) is 1. The Hall–Kier alpha value is -2.82. The highest BCUT2D eigenvalue weighted by Crippen LogP contribution is 2.32. The van der Waals surface area contributed by atoms with Crippen LogP contribution < -0.4 is 4.74 Å². The first-order chi connectivity index (χ1) is 13.1. The zero-order valence-electron chi connectivity index (χ0n) is 14.2. The van der Waals surface area contributed by atoms with Crippen LogP contribution >= 0.6 is 23.2 Å². The summed E-state index contributed by atoms with van der Waals surface area (Å²) in [4.78, 5) is 16.7. The van der Waals surface area contributed by atoms with Gasteiger partial charge in [-0.05, 0) is 41.1 Å². The normalized spacial score (nSPS) is 15.1. The van der Waals surface area contributed by atoms with Crippen LogP contribution in [-0.4, -0.2) is 19.0 Å². The number of hydrogen-bond donors (Lipinski definition) is 0. The molecule has 27 heavy (non-hydrogen) atoms. The quantitative estimate of drug-likeness (QED) is 0.432. The molecule has 0 unspecified atom stereocenters. The molecule has 0 amide bonds. The molecule has 0 spiro atoms. The van der Waals surface area contributed by atoms with E-state index in [1.165, 1.54) is 0 Å². The van der Waals surface area contributed by atoms with E-state index in [1.54, 1.807) is 31.4 Å². The molecule has 4 rings (SSSR count). The Kier molecular flexibility index (Phi) is 4.60. The molecule has 0 aromatic heterocycles. The van der Waals surface area contributed by atoms with E-state index in [0.29, 0.717) is 21.4 Å². The number of benzene rings is 3. The van der Waals surface area contributed by atoms with E-state index in [-0.39, 0.29) is 11.6 Å². The van der Waals surface area contributed by atoms with Crippen molar-refractivity contribution in [3.63, 3.8) is 0 Å². The monoisotopic (exact) mass is 397 g/mol. The van der Waals surface area contributed by atoms with Crippen LogP contribution in [0.25, 0.3) is 16.8 Å². The van der Waals surface area contributed by atoms with Gasteiger partial charge in [-0.1, -0.05) is 53.5 Å². The SMILES string of the molecule is COc1ccc2ccccc2c1/C=C1/N=C(c2ccc(Cl)c(Cl)c2)OC1=O. The number of aliphatic imine (C=N–C) groups is 1. The van der Waals surface area contributed by atoms with Gasteiger partial charge in [0.2, 0.25) is 5.90 Å². The molecule has 1 aliphatic rings. The summed E-state index contributed by atoms with van der Waals surface area (Å²) >= 11 is 12.0. The molecule has 0 radical (unpaired) electrons. The molecule has 134 valence electrons. The van der Waals surface area contributed by atoms with Gasteiger partial charge in [-0.25, -0.2) is 9.79 Å². The second-order valence-electron chi connectivity index (χ2n) is 5.87. The van der Waals surface area contributed by atoms with Crippen molar-refractivity contribution in [2.45, 2.75) is 0 Å². The van der Waals surface area contributed by atoms with Crippen LogP contribution in [0.5, 0.6) is 5.75 Å². The molecule has 0 saturated carbocycles. The van der Waals surface area contributed by atoms with Crippen LogP contribution in [0.3, 0.4) is 0 Å². The van der Waals surface area contributed by atoms with E-state index in [1.807, 2.05) is 36.4 Å². The highest BCUT2D eigenvalue weighted by molar-refractivity contribution is 6.42. The predicted octanol–water partition coefficient (Wildman–Crippen LogP) is 5.50. The van der Waals surface area contributed by atoms with Crippen LogP contribution in [0, 0.1) is 0 Å². The number of methoxy groups -OCH3 is 1. The third-order valence-electron chi connectivity index (χ3n) is 4.22. The molecule has 3 aromatic rings. The molecule has 0 N–H and O–H groups in total. The van der Waals surface area contributed by atoms with E-state index in [0.717, 1.165) is 16.3 Å². The number of hydrogen-bond acceptors (Lipinski definition) is 4. The Morgan fingerprint density at radius 3 is 2.63 bits per heavy atom. The maximum atomic E-state index is 12.3. The Balaban J connectivity index is 1.82. The molecule has 0 saturated heterocycles. The van der Waals surface area contributed by atoms with Crippen LogP contribution in [0.1, 0.15) is 11.1 Å². The van der Waals surface area contributed by atoms with Gasteiger partial charge in [-0.2, -0.15) is 0 Å². The molecule has 0 aliphatic carbocycles. The number of nitrogens with zero attached hydrogens (tertiary/aromatic N) is 1. The number of esters is 1. The van der Waals surface area contributed by atoms with Gasteiger partial charge < -0.3 is 9.47 Å². The fourth-order valence-corrected chi connectivity index (χ4v) is 3.20. The Bertz CT molecular complexity index is 1140. The van der Waals surface area contributed by atoms with Crippen molar-refractivity contribution in [3.8, 4) is 5.75 Å². The lowest BCUT2D eigenvalue weighted by Crippen LogP contribution is -2.05. The van der Waals surface area contributed by atoms with Crippen LogP contribution in [-0.2, 0) is 9.53 Å². The van der Waals surface area contributed by atoms with Crippen LogP contribution in [0.2, 0.25) is 10.0 Å². The molecule has 0 atom stereocenters. The second kappa shape index (κ2) is 7.06. The lowest BCUT2D eigenvalue weighted by Gasteiger charge is -2.08. The smallest absolute Gasteiger partial charge is 0.363 e. The van der Waals surface area contributed by atoms with Crippen molar-refractivity contribution in [1.82, 2.24) is 0 Å². The molecule has 3 aromatic carbocycles. The van der Waals surface area contributed by atoms with Gasteiger partial charge in [-0.3, -0.25) is 0 Å². The Morgan fingerprint density at radius 2 is 1.85 bits per heavy atom. The van der Waals surface area contributed by atoms with Crippen molar-refractivity contribution < 1.29 is 14.3 Å². The Labute approximate surface area is 165 Å². The largest absolute Gasteiger partial charge is 0.496 e. The number of carbonyl (C=O) groups excluding carboxylic acids is 1. The number of halogens is 2. The summed E-state index contributed by atoms with van der Waals surface area (Å²) in [5.41, 5.74) is 1.53. The van der Waals surface area contributed by atoms with E-state index in [4.69, 9.17) is 32.7 Å². The van der Waals surface area contributed by atoms with E-state index < -0.39 is 5.97 Å². The second-order valence-corrected chi connectivity index (χ2v) is 6.68. The molecule has 0 bridgehead atoms. The number of rotatable bonds is 3. The maximum Gasteiger partial charge on any atom is 0.363 e. The minimum absolute atomic E-state index is 0.184. The first kappa shape index (κ1) is 17.6. The maximum absolute atomic E-state index is 12.3. The van der Waals surface area contributed by atoms with E-state index in [2.05, 4.69) is 4.99 Å². The third kappa shape index (κ3) is 3.29. The summed E-state index contributed by atoms with van der Waals surface area (Å²) < 4.78 is 10.8. The first-order valence-electron chi connectivity index (χ1n) is 8.10. The fourth-order valence-electron chi connectivity index (χ4n) is 2.90. The minimum Gasteiger partial charge on any atom is -0.496 e. The van der Waals surface area contributed by atoms with Gasteiger partial charge in [0.15, 0.2) is 5.70 Å². The zero-order chi connectivity index (χ0) is 19.0. The molecule has 4 nitrogen and oxygen atoms in total. The highest BCUT2D eigenvalue weighted by Gasteiger charge is 2.25. The molecule has 1 heterocycles. The summed E-state index contributed by atoms with van der Waals surface area (Å²) in [7, 11) is 1.59. The lowest BCUT2D eigenvalue weighted by atomic mass is 10.0. The van der Waals surface area contributed by atoms with Gasteiger partial charge >= 0.3 is 5.97 Å². The van der Waals surface area contributed by atoms with E-state index >= 15 is 0 Å². The summed E-state index contributed by atoms with van der Waals surface area (Å²) in [5, 5.41) is 2.77. The van der Waals surface area contributed by atoms with Gasteiger partial charge in [0.1, 0.15) is 5.75 Å². The van der Waals surface area contributed by atoms with Gasteiger partial charge in [0.05, 0.1) is 17.2 Å². The molecule has 1 aliphatic heterocycles. The van der Waals surface area contributed by atoms with Crippen molar-refractivity contribution in [2.24, 2.45) is 4.99 Å². The van der Waals surface area contributed by atoms with Gasteiger partial charge in [0, 0.05) is 11.1 Å².